The van der Waals surface area contributed by atoms with Gasteiger partial charge in [0.25, 0.3) is 0 Å². The van der Waals surface area contributed by atoms with Crippen molar-refractivity contribution >= 4 is 49.6 Å². The Hall–Kier alpha value is -7.94. The molecular weight excluding hydrogens is 725 g/mol. The zero-order valence-corrected chi connectivity index (χ0v) is 32.8. The summed E-state index contributed by atoms with van der Waals surface area (Å²) in [4.78, 5) is 2.52. The number of hydrogen-bond donors (Lipinski definition) is 0. The summed E-state index contributed by atoms with van der Waals surface area (Å²) >= 11 is 0. The molecule has 0 saturated heterocycles. The Balaban J connectivity index is 1.14. The lowest BCUT2D eigenvalue weighted by Crippen LogP contribution is -2.17. The van der Waals surface area contributed by atoms with Gasteiger partial charge in [0.2, 0.25) is 0 Å². The molecule has 0 radical (unpaired) electrons. The van der Waals surface area contributed by atoms with Crippen LogP contribution in [0, 0.1) is 0 Å². The molecule has 0 spiro atoms. The molecule has 2 heteroatoms. The van der Waals surface area contributed by atoms with Crippen LogP contribution in [0.1, 0.15) is 0 Å². The van der Waals surface area contributed by atoms with Crippen molar-refractivity contribution in [3.8, 4) is 61.3 Å². The molecule has 11 aromatic rings. The zero-order valence-electron chi connectivity index (χ0n) is 32.8. The lowest BCUT2D eigenvalue weighted by molar-refractivity contribution is 1.18. The highest BCUT2D eigenvalue weighted by Crippen LogP contribution is 2.58. The van der Waals surface area contributed by atoms with Gasteiger partial charge in [-0.15, -0.1) is 0 Å². The van der Waals surface area contributed by atoms with Gasteiger partial charge in [0.1, 0.15) is 0 Å². The van der Waals surface area contributed by atoms with E-state index in [1.807, 2.05) is 0 Å². The molecule has 0 bridgehead atoms. The predicted octanol–water partition coefficient (Wildman–Crippen LogP) is 16.1. The first-order chi connectivity index (χ1) is 29.8. The summed E-state index contributed by atoms with van der Waals surface area (Å²) in [5.41, 5.74) is 19.2. The first kappa shape index (κ1) is 34.1. The average Bonchev–Trinajstić information content (AvgIpc) is 3.66. The summed E-state index contributed by atoms with van der Waals surface area (Å²) in [5.74, 6) is 0. The molecule has 0 amide bonds. The predicted molar refractivity (Wildman–Crippen MR) is 254 cm³/mol. The van der Waals surface area contributed by atoms with Crippen LogP contribution in [0.25, 0.3) is 93.9 Å². The average molecular weight is 763 g/mol. The normalized spacial score (nSPS) is 12.0. The summed E-state index contributed by atoms with van der Waals surface area (Å²) in [5, 5.41) is 5.00. The molecule has 10 aromatic carbocycles. The van der Waals surface area contributed by atoms with E-state index in [9.17, 15) is 0 Å². The van der Waals surface area contributed by atoms with Crippen molar-refractivity contribution in [3.05, 3.63) is 231 Å². The largest absolute Gasteiger partial charge is 0.309 e. The van der Waals surface area contributed by atoms with Gasteiger partial charge in [0.05, 0.1) is 22.4 Å². The van der Waals surface area contributed by atoms with Crippen molar-refractivity contribution in [2.24, 2.45) is 0 Å². The van der Waals surface area contributed by atoms with Crippen LogP contribution in [0.4, 0.5) is 17.1 Å². The molecule has 0 saturated carbocycles. The number of nitrogens with zero attached hydrogens (tertiary/aromatic N) is 2. The van der Waals surface area contributed by atoms with Crippen LogP contribution in [0.5, 0.6) is 0 Å². The van der Waals surface area contributed by atoms with Crippen LogP contribution < -0.4 is 4.90 Å². The Kier molecular flexibility index (Phi) is 7.89. The van der Waals surface area contributed by atoms with Crippen molar-refractivity contribution in [1.82, 2.24) is 4.57 Å². The quantitative estimate of drug-likeness (QED) is 0.164. The maximum absolute atomic E-state index is 2.52. The van der Waals surface area contributed by atoms with Gasteiger partial charge in [0, 0.05) is 38.7 Å². The highest BCUT2D eigenvalue weighted by Gasteiger charge is 2.32. The minimum Gasteiger partial charge on any atom is -0.309 e. The number of rotatable bonds is 6. The summed E-state index contributed by atoms with van der Waals surface area (Å²) in [6.07, 6.45) is 0. The number of hydrogen-bond acceptors (Lipinski definition) is 1. The Bertz CT molecular complexity index is 3400. The molecule has 0 atom stereocenters. The molecule has 1 aliphatic heterocycles. The minimum absolute atomic E-state index is 1.13. The maximum Gasteiger partial charge on any atom is 0.0625 e. The molecular formula is C58H38N2. The minimum atomic E-state index is 1.13. The third kappa shape index (κ3) is 5.28. The summed E-state index contributed by atoms with van der Waals surface area (Å²) < 4.78 is 2.39. The molecule has 0 fully saturated rings. The van der Waals surface area contributed by atoms with E-state index in [0.29, 0.717) is 0 Å². The molecule has 2 heterocycles. The first-order valence-electron chi connectivity index (χ1n) is 20.7. The second-order valence-electron chi connectivity index (χ2n) is 15.6. The second-order valence-corrected chi connectivity index (χ2v) is 15.6. The van der Waals surface area contributed by atoms with Gasteiger partial charge in [-0.1, -0.05) is 182 Å². The third-order valence-corrected chi connectivity index (χ3v) is 12.3. The molecule has 2 nitrogen and oxygen atoms in total. The van der Waals surface area contributed by atoms with Crippen LogP contribution in [0.3, 0.4) is 0 Å². The van der Waals surface area contributed by atoms with Gasteiger partial charge in [-0.25, -0.2) is 0 Å². The summed E-state index contributed by atoms with van der Waals surface area (Å²) in [6.45, 7) is 0. The van der Waals surface area contributed by atoms with E-state index in [-0.39, 0.29) is 0 Å². The van der Waals surface area contributed by atoms with Crippen LogP contribution in [-0.2, 0) is 0 Å². The first-order valence-corrected chi connectivity index (χ1v) is 20.7. The smallest absolute Gasteiger partial charge is 0.0625 e. The monoisotopic (exact) mass is 762 g/mol. The van der Waals surface area contributed by atoms with Crippen molar-refractivity contribution in [2.75, 3.05) is 4.90 Å². The molecule has 0 aliphatic carbocycles. The number of anilines is 3. The molecule has 60 heavy (non-hydrogen) atoms. The van der Waals surface area contributed by atoms with Crippen LogP contribution in [-0.4, -0.2) is 4.57 Å². The van der Waals surface area contributed by atoms with Gasteiger partial charge in [0.15, 0.2) is 0 Å². The number of benzene rings is 10. The standard InChI is InChI=1S/C58H38N2/c1-5-18-39(19-6-1)44-26-13-14-28-49(44)57-46(40-20-7-2-8-21-40)34-36-51-50-35-33-45(48-29-17-31-55(56(48)50)60(58(51)57)43-24-11-4-12-25-43)41-32-37-54-52(38-41)47-27-15-16-30-53(47)59(54)42-22-9-3-10-23-42/h1-38H. The van der Waals surface area contributed by atoms with E-state index < -0.39 is 0 Å². The lowest BCUT2D eigenvalue weighted by Gasteiger charge is -2.37. The molecule has 1 aliphatic rings. The van der Waals surface area contributed by atoms with E-state index in [0.717, 1.165) is 5.69 Å². The van der Waals surface area contributed by atoms with Crippen LogP contribution in [0.15, 0.2) is 231 Å². The van der Waals surface area contributed by atoms with E-state index in [2.05, 4.69) is 240 Å². The van der Waals surface area contributed by atoms with Gasteiger partial charge < -0.3 is 9.47 Å². The fraction of sp³-hybridized carbons (Fsp3) is 0. The highest BCUT2D eigenvalue weighted by molar-refractivity contribution is 6.21. The summed E-state index contributed by atoms with van der Waals surface area (Å²) in [7, 11) is 0. The molecule has 0 N–H and O–H groups in total. The number of fused-ring (bicyclic) bond motifs is 5. The number of aromatic nitrogens is 1. The summed E-state index contributed by atoms with van der Waals surface area (Å²) in [6, 6.07) is 84.3. The molecule has 1 aromatic heterocycles. The van der Waals surface area contributed by atoms with Crippen molar-refractivity contribution < 1.29 is 0 Å². The van der Waals surface area contributed by atoms with E-state index in [1.165, 1.54) is 105 Å². The zero-order chi connectivity index (χ0) is 39.6. The van der Waals surface area contributed by atoms with Gasteiger partial charge in [-0.3, -0.25) is 0 Å². The Labute approximate surface area is 349 Å². The van der Waals surface area contributed by atoms with E-state index >= 15 is 0 Å². The Morgan fingerprint density at radius 2 is 0.833 bits per heavy atom. The van der Waals surface area contributed by atoms with Crippen molar-refractivity contribution in [1.29, 1.82) is 0 Å². The van der Waals surface area contributed by atoms with Gasteiger partial charge in [-0.05, 0) is 98.4 Å². The second kappa shape index (κ2) is 13.9. The van der Waals surface area contributed by atoms with Gasteiger partial charge >= 0.3 is 0 Å². The molecule has 12 rings (SSSR count). The van der Waals surface area contributed by atoms with Crippen molar-refractivity contribution in [3.63, 3.8) is 0 Å². The Morgan fingerprint density at radius 3 is 1.58 bits per heavy atom. The van der Waals surface area contributed by atoms with E-state index in [1.54, 1.807) is 0 Å². The maximum atomic E-state index is 2.52. The Morgan fingerprint density at radius 1 is 0.283 bits per heavy atom. The van der Waals surface area contributed by atoms with Crippen LogP contribution in [0.2, 0.25) is 0 Å². The molecule has 280 valence electrons. The van der Waals surface area contributed by atoms with Gasteiger partial charge in [-0.2, -0.15) is 0 Å². The topological polar surface area (TPSA) is 8.17 Å². The third-order valence-electron chi connectivity index (χ3n) is 12.3. The SMILES string of the molecule is c1ccc(-c2ccccc2-c2c(-c3ccccc3)ccc3c2N(c2ccccc2)c2cccc4c(-c5ccc6c(c5)c5ccccc5n6-c5ccccc5)ccc-3c24)cc1. The highest BCUT2D eigenvalue weighted by atomic mass is 15.2. The number of para-hydroxylation sites is 3. The fourth-order valence-electron chi connectivity index (χ4n) is 9.75. The van der Waals surface area contributed by atoms with Crippen LogP contribution >= 0.6 is 0 Å². The molecule has 0 unspecified atom stereocenters. The lowest BCUT2D eigenvalue weighted by atomic mass is 9.81. The van der Waals surface area contributed by atoms with Crippen molar-refractivity contribution in [2.45, 2.75) is 0 Å². The van der Waals surface area contributed by atoms with E-state index in [4.69, 9.17) is 0 Å². The fourth-order valence-corrected chi connectivity index (χ4v) is 9.75.